The van der Waals surface area contributed by atoms with E-state index in [9.17, 15) is 4.21 Å². The number of hydrogen-bond donors (Lipinski definition) is 1. The maximum atomic E-state index is 11.2. The summed E-state index contributed by atoms with van der Waals surface area (Å²) in [5.74, 6) is 0.970. The van der Waals surface area contributed by atoms with Gasteiger partial charge in [0.15, 0.2) is 0 Å². The van der Waals surface area contributed by atoms with Crippen molar-refractivity contribution in [3.8, 4) is 0 Å². The minimum absolute atomic E-state index is 0.246. The third kappa shape index (κ3) is 4.95. The van der Waals surface area contributed by atoms with Crippen molar-refractivity contribution in [1.82, 2.24) is 20.1 Å². The first-order valence-corrected chi connectivity index (χ1v) is 7.67. The van der Waals surface area contributed by atoms with Crippen LogP contribution in [0.4, 0.5) is 0 Å². The lowest BCUT2D eigenvalue weighted by atomic mass is 10.3. The first kappa shape index (κ1) is 14.3. The van der Waals surface area contributed by atoms with Gasteiger partial charge in [-0.2, -0.15) is 5.10 Å². The molecule has 1 aromatic rings. The van der Waals surface area contributed by atoms with Crippen molar-refractivity contribution in [3.63, 3.8) is 0 Å². The molecule has 2 unspecified atom stereocenters. The van der Waals surface area contributed by atoms with Crippen LogP contribution in [-0.4, -0.2) is 37.0 Å². The van der Waals surface area contributed by atoms with Crippen LogP contribution >= 0.6 is 0 Å². The number of hydrogen-bond acceptors (Lipinski definition) is 4. The smallest absolute Gasteiger partial charge is 0.140 e. The molecule has 0 amide bonds. The highest BCUT2D eigenvalue weighted by Crippen LogP contribution is 1.99. The highest BCUT2D eigenvalue weighted by Gasteiger charge is 2.06. The molecular weight excluding hydrogens is 236 g/mol. The lowest BCUT2D eigenvalue weighted by molar-refractivity contribution is 0.537. The van der Waals surface area contributed by atoms with Gasteiger partial charge in [0, 0.05) is 28.9 Å². The summed E-state index contributed by atoms with van der Waals surface area (Å²) in [6, 6.07) is 0. The van der Waals surface area contributed by atoms with Crippen LogP contribution in [0.25, 0.3) is 0 Å². The van der Waals surface area contributed by atoms with Crippen LogP contribution in [0.1, 0.15) is 32.5 Å². The van der Waals surface area contributed by atoms with Crippen molar-refractivity contribution < 1.29 is 4.21 Å². The quantitative estimate of drug-likeness (QED) is 0.705. The lowest BCUT2D eigenvalue weighted by Crippen LogP contribution is -2.22. The molecule has 1 rings (SSSR count). The van der Waals surface area contributed by atoms with Gasteiger partial charge in [0.05, 0.1) is 6.54 Å². The average molecular weight is 258 g/mol. The third-order valence-corrected chi connectivity index (χ3v) is 4.08. The molecule has 5 nitrogen and oxygen atoms in total. The number of aromatic nitrogens is 3. The third-order valence-electron chi connectivity index (χ3n) is 2.71. The standard InChI is InChI=1S/C11H22N4OS/c1-4-7-15-11(13-9-14-15)8-12-6-5-10(2)17(3)16/h9-10,12H,4-8H2,1-3H3. The molecule has 0 aromatic carbocycles. The summed E-state index contributed by atoms with van der Waals surface area (Å²) in [7, 11) is -0.731. The molecule has 0 spiro atoms. The molecule has 0 aliphatic rings. The van der Waals surface area contributed by atoms with E-state index in [1.54, 1.807) is 12.6 Å². The van der Waals surface area contributed by atoms with Gasteiger partial charge in [-0.05, 0) is 19.4 Å². The maximum absolute atomic E-state index is 11.2. The average Bonchev–Trinajstić information content (AvgIpc) is 2.72. The van der Waals surface area contributed by atoms with Gasteiger partial charge < -0.3 is 5.32 Å². The second kappa shape index (κ2) is 7.55. The molecule has 0 aliphatic heterocycles. The van der Waals surface area contributed by atoms with Crippen molar-refractivity contribution in [1.29, 1.82) is 0 Å². The van der Waals surface area contributed by atoms with Crippen LogP contribution in [0.15, 0.2) is 6.33 Å². The van der Waals surface area contributed by atoms with Crippen LogP contribution in [0.3, 0.4) is 0 Å². The fourth-order valence-corrected chi connectivity index (χ4v) is 1.94. The number of nitrogens with zero attached hydrogens (tertiary/aromatic N) is 3. The van der Waals surface area contributed by atoms with E-state index in [1.165, 1.54) is 0 Å². The van der Waals surface area contributed by atoms with Gasteiger partial charge in [0.1, 0.15) is 12.2 Å². The molecule has 0 bridgehead atoms. The molecule has 6 heteroatoms. The Morgan fingerprint density at radius 3 is 3.00 bits per heavy atom. The normalized spacial score (nSPS) is 14.8. The van der Waals surface area contributed by atoms with E-state index < -0.39 is 10.8 Å². The molecule has 1 N–H and O–H groups in total. The SMILES string of the molecule is CCCn1ncnc1CNCCC(C)S(C)=O. The zero-order valence-corrected chi connectivity index (χ0v) is 11.7. The Labute approximate surface area is 105 Å². The van der Waals surface area contributed by atoms with Crippen molar-refractivity contribution in [2.24, 2.45) is 0 Å². The van der Waals surface area contributed by atoms with E-state index in [0.29, 0.717) is 0 Å². The van der Waals surface area contributed by atoms with E-state index in [1.807, 2.05) is 11.6 Å². The minimum Gasteiger partial charge on any atom is -0.310 e. The summed E-state index contributed by atoms with van der Waals surface area (Å²) in [5.41, 5.74) is 0. The Balaban J connectivity index is 2.26. The van der Waals surface area contributed by atoms with E-state index in [0.717, 1.165) is 38.3 Å². The van der Waals surface area contributed by atoms with Gasteiger partial charge in [-0.1, -0.05) is 13.8 Å². The molecule has 0 fully saturated rings. The van der Waals surface area contributed by atoms with E-state index in [4.69, 9.17) is 0 Å². The van der Waals surface area contributed by atoms with E-state index in [-0.39, 0.29) is 5.25 Å². The van der Waals surface area contributed by atoms with Crippen LogP contribution < -0.4 is 5.32 Å². The second-order valence-corrected chi connectivity index (χ2v) is 5.98. The van der Waals surface area contributed by atoms with Gasteiger partial charge in [0.2, 0.25) is 0 Å². The summed E-state index contributed by atoms with van der Waals surface area (Å²) >= 11 is 0. The Kier molecular flexibility index (Phi) is 6.36. The Morgan fingerprint density at radius 1 is 1.59 bits per heavy atom. The zero-order valence-electron chi connectivity index (χ0n) is 10.8. The molecule has 1 aromatic heterocycles. The zero-order chi connectivity index (χ0) is 12.7. The molecule has 0 radical (unpaired) electrons. The number of rotatable bonds is 8. The summed E-state index contributed by atoms with van der Waals surface area (Å²) < 4.78 is 13.1. The van der Waals surface area contributed by atoms with Gasteiger partial charge >= 0.3 is 0 Å². The first-order valence-electron chi connectivity index (χ1n) is 6.04. The van der Waals surface area contributed by atoms with Gasteiger partial charge in [-0.15, -0.1) is 0 Å². The fraction of sp³-hybridized carbons (Fsp3) is 0.818. The summed E-state index contributed by atoms with van der Waals surface area (Å²) in [5, 5.41) is 7.73. The number of aryl methyl sites for hydroxylation is 1. The first-order chi connectivity index (χ1) is 8.15. The lowest BCUT2D eigenvalue weighted by Gasteiger charge is -2.09. The Morgan fingerprint density at radius 2 is 2.35 bits per heavy atom. The molecule has 0 aliphatic carbocycles. The predicted octanol–water partition coefficient (Wildman–Crippen LogP) is 0.935. The van der Waals surface area contributed by atoms with Crippen molar-refractivity contribution in [3.05, 3.63) is 12.2 Å². The predicted molar refractivity (Wildman–Crippen MR) is 70.2 cm³/mol. The van der Waals surface area contributed by atoms with Crippen molar-refractivity contribution >= 4 is 10.8 Å². The summed E-state index contributed by atoms with van der Waals surface area (Å²) in [6.45, 7) is 6.63. The highest BCUT2D eigenvalue weighted by molar-refractivity contribution is 7.84. The van der Waals surface area contributed by atoms with Crippen LogP contribution in [-0.2, 0) is 23.9 Å². The summed E-state index contributed by atoms with van der Waals surface area (Å²) in [6.07, 6.45) is 5.33. The minimum atomic E-state index is -0.731. The Bertz CT molecular complexity index is 353. The molecule has 98 valence electrons. The van der Waals surface area contributed by atoms with Gasteiger partial charge in [-0.3, -0.25) is 4.21 Å². The monoisotopic (exact) mass is 258 g/mol. The maximum Gasteiger partial charge on any atom is 0.140 e. The molecule has 0 saturated carbocycles. The van der Waals surface area contributed by atoms with E-state index >= 15 is 0 Å². The largest absolute Gasteiger partial charge is 0.310 e. The second-order valence-electron chi connectivity index (χ2n) is 4.17. The van der Waals surface area contributed by atoms with Crippen LogP contribution in [0.2, 0.25) is 0 Å². The van der Waals surface area contributed by atoms with E-state index in [2.05, 4.69) is 22.3 Å². The topological polar surface area (TPSA) is 59.8 Å². The Hall–Kier alpha value is -0.750. The summed E-state index contributed by atoms with van der Waals surface area (Å²) in [4.78, 5) is 4.22. The van der Waals surface area contributed by atoms with Crippen molar-refractivity contribution in [2.45, 2.75) is 45.0 Å². The molecule has 17 heavy (non-hydrogen) atoms. The number of nitrogens with one attached hydrogen (secondary N) is 1. The highest BCUT2D eigenvalue weighted by atomic mass is 32.2. The molecule has 2 atom stereocenters. The van der Waals surface area contributed by atoms with Crippen LogP contribution in [0.5, 0.6) is 0 Å². The molecule has 1 heterocycles. The fourth-order valence-electron chi connectivity index (χ4n) is 1.50. The van der Waals surface area contributed by atoms with Crippen LogP contribution in [0, 0.1) is 0 Å². The van der Waals surface area contributed by atoms with Gasteiger partial charge in [-0.25, -0.2) is 9.67 Å². The molecular formula is C11H22N4OS. The van der Waals surface area contributed by atoms with Crippen molar-refractivity contribution in [2.75, 3.05) is 12.8 Å². The molecule has 0 saturated heterocycles. The van der Waals surface area contributed by atoms with Gasteiger partial charge in [0.25, 0.3) is 0 Å².